The van der Waals surface area contributed by atoms with E-state index in [1.807, 2.05) is 6.92 Å². The number of rotatable bonds is 4. The maximum Gasteiger partial charge on any atom is 0.308 e. The standard InChI is InChI=1S/C14H22N4O3.HI/c1-3-15-14(16-10-12-6-9-21-17-12)18-7-4-11(5-8-18)13(19)20-2;/h6,9,11H,3-5,7-8,10H2,1-2H3,(H,15,16);1H. The van der Waals surface area contributed by atoms with Crippen LogP contribution in [0.4, 0.5) is 0 Å². The van der Waals surface area contributed by atoms with E-state index < -0.39 is 0 Å². The number of ether oxygens (including phenoxy) is 1. The number of aliphatic imine (C=N–C) groups is 1. The first-order valence-corrected chi connectivity index (χ1v) is 7.25. The molecule has 1 aromatic rings. The van der Waals surface area contributed by atoms with Crippen molar-refractivity contribution in [3.05, 3.63) is 18.0 Å². The molecule has 1 N–H and O–H groups in total. The van der Waals surface area contributed by atoms with Crippen LogP contribution in [-0.2, 0) is 16.1 Å². The highest BCUT2D eigenvalue weighted by atomic mass is 127. The molecule has 0 aliphatic carbocycles. The molecule has 0 atom stereocenters. The number of nitrogens with zero attached hydrogens (tertiary/aromatic N) is 3. The van der Waals surface area contributed by atoms with Gasteiger partial charge in [-0.2, -0.15) is 0 Å². The summed E-state index contributed by atoms with van der Waals surface area (Å²) >= 11 is 0. The number of halogens is 1. The molecule has 0 saturated carbocycles. The van der Waals surface area contributed by atoms with E-state index in [0.29, 0.717) is 6.54 Å². The number of piperidine rings is 1. The van der Waals surface area contributed by atoms with Gasteiger partial charge in [-0.15, -0.1) is 24.0 Å². The molecule has 0 bridgehead atoms. The van der Waals surface area contributed by atoms with Crippen LogP contribution in [-0.4, -0.2) is 48.7 Å². The van der Waals surface area contributed by atoms with Gasteiger partial charge in [0.25, 0.3) is 0 Å². The van der Waals surface area contributed by atoms with Crippen molar-refractivity contribution in [2.75, 3.05) is 26.7 Å². The molecule has 1 aromatic heterocycles. The van der Waals surface area contributed by atoms with E-state index in [0.717, 1.165) is 44.1 Å². The predicted molar refractivity (Wildman–Crippen MR) is 93.0 cm³/mol. The largest absolute Gasteiger partial charge is 0.469 e. The van der Waals surface area contributed by atoms with E-state index in [1.54, 1.807) is 12.3 Å². The van der Waals surface area contributed by atoms with Crippen LogP contribution in [0.2, 0.25) is 0 Å². The van der Waals surface area contributed by atoms with Crippen molar-refractivity contribution in [3.63, 3.8) is 0 Å². The molecule has 124 valence electrons. The Labute approximate surface area is 147 Å². The van der Waals surface area contributed by atoms with E-state index in [1.165, 1.54) is 7.11 Å². The number of carbonyl (C=O) groups excluding carboxylic acids is 1. The monoisotopic (exact) mass is 422 g/mol. The molecule has 22 heavy (non-hydrogen) atoms. The second kappa shape index (κ2) is 9.65. The summed E-state index contributed by atoms with van der Waals surface area (Å²) < 4.78 is 9.61. The fraction of sp³-hybridized carbons (Fsp3) is 0.643. The van der Waals surface area contributed by atoms with Crippen LogP contribution in [0.25, 0.3) is 0 Å². The summed E-state index contributed by atoms with van der Waals surface area (Å²) in [6, 6.07) is 1.80. The summed E-state index contributed by atoms with van der Waals surface area (Å²) in [6.07, 6.45) is 3.13. The van der Waals surface area contributed by atoms with Crippen LogP contribution < -0.4 is 5.32 Å². The Hall–Kier alpha value is -1.32. The first kappa shape index (κ1) is 18.7. The lowest BCUT2D eigenvalue weighted by atomic mass is 9.97. The number of guanidine groups is 1. The Balaban J connectivity index is 0.00000242. The summed E-state index contributed by atoms with van der Waals surface area (Å²) in [5.74, 6) is 0.743. The number of likely N-dealkylation sites (tertiary alicyclic amines) is 1. The molecule has 0 radical (unpaired) electrons. The van der Waals surface area contributed by atoms with Crippen molar-refractivity contribution in [1.29, 1.82) is 0 Å². The lowest BCUT2D eigenvalue weighted by molar-refractivity contribution is -0.146. The Kier molecular flexibility index (Phi) is 8.21. The van der Waals surface area contributed by atoms with E-state index in [4.69, 9.17) is 9.26 Å². The lowest BCUT2D eigenvalue weighted by Gasteiger charge is -2.33. The van der Waals surface area contributed by atoms with Crippen LogP contribution >= 0.6 is 24.0 Å². The third-order valence-electron chi connectivity index (χ3n) is 3.55. The second-order valence-electron chi connectivity index (χ2n) is 4.95. The highest BCUT2D eigenvalue weighted by Crippen LogP contribution is 2.18. The van der Waals surface area contributed by atoms with Crippen molar-refractivity contribution < 1.29 is 14.1 Å². The van der Waals surface area contributed by atoms with Crippen LogP contribution in [0.15, 0.2) is 21.8 Å². The smallest absolute Gasteiger partial charge is 0.308 e. The molecule has 0 unspecified atom stereocenters. The minimum Gasteiger partial charge on any atom is -0.469 e. The van der Waals surface area contributed by atoms with E-state index >= 15 is 0 Å². The molecule has 0 aromatic carbocycles. The number of aromatic nitrogens is 1. The average molecular weight is 422 g/mol. The molecule has 0 spiro atoms. The van der Waals surface area contributed by atoms with Crippen LogP contribution in [0.1, 0.15) is 25.5 Å². The van der Waals surface area contributed by atoms with Crippen LogP contribution in [0.3, 0.4) is 0 Å². The van der Waals surface area contributed by atoms with E-state index in [9.17, 15) is 4.79 Å². The Morgan fingerprint density at radius 3 is 2.82 bits per heavy atom. The topological polar surface area (TPSA) is 80.0 Å². The van der Waals surface area contributed by atoms with Gasteiger partial charge in [0.1, 0.15) is 12.0 Å². The minimum atomic E-state index is -0.112. The molecule has 7 nitrogen and oxygen atoms in total. The van der Waals surface area contributed by atoms with Crippen molar-refractivity contribution in [1.82, 2.24) is 15.4 Å². The maximum absolute atomic E-state index is 11.5. The fourth-order valence-electron chi connectivity index (χ4n) is 2.39. The summed E-state index contributed by atoms with van der Waals surface area (Å²) in [4.78, 5) is 18.3. The van der Waals surface area contributed by atoms with Gasteiger partial charge in [0.2, 0.25) is 0 Å². The number of methoxy groups -OCH3 is 1. The number of esters is 1. The summed E-state index contributed by atoms with van der Waals surface area (Å²) in [5, 5.41) is 7.12. The zero-order valence-electron chi connectivity index (χ0n) is 12.9. The number of nitrogens with one attached hydrogen (secondary N) is 1. The Morgan fingerprint density at radius 2 is 2.27 bits per heavy atom. The highest BCUT2D eigenvalue weighted by Gasteiger charge is 2.26. The van der Waals surface area contributed by atoms with Crippen molar-refractivity contribution in [2.24, 2.45) is 10.9 Å². The van der Waals surface area contributed by atoms with Gasteiger partial charge < -0.3 is 19.5 Å². The SMILES string of the molecule is CCNC(=NCc1ccon1)N1CCC(C(=O)OC)CC1.I. The lowest BCUT2D eigenvalue weighted by Crippen LogP contribution is -2.46. The molecule has 1 fully saturated rings. The molecule has 2 heterocycles. The summed E-state index contributed by atoms with van der Waals surface area (Å²) in [5.41, 5.74) is 0.801. The van der Waals surface area contributed by atoms with Gasteiger partial charge >= 0.3 is 5.97 Å². The van der Waals surface area contributed by atoms with Gasteiger partial charge in [-0.05, 0) is 19.8 Å². The van der Waals surface area contributed by atoms with Crippen molar-refractivity contribution in [2.45, 2.75) is 26.3 Å². The summed E-state index contributed by atoms with van der Waals surface area (Å²) in [7, 11) is 1.44. The van der Waals surface area contributed by atoms with Crippen LogP contribution in [0, 0.1) is 5.92 Å². The average Bonchev–Trinajstić information content (AvgIpc) is 3.04. The molecule has 0 amide bonds. The van der Waals surface area contributed by atoms with E-state index in [2.05, 4.69) is 20.4 Å². The first-order chi connectivity index (χ1) is 10.2. The third-order valence-corrected chi connectivity index (χ3v) is 3.55. The zero-order chi connectivity index (χ0) is 15.1. The zero-order valence-corrected chi connectivity index (χ0v) is 15.3. The third kappa shape index (κ3) is 5.15. The van der Waals surface area contributed by atoms with Gasteiger partial charge in [-0.1, -0.05) is 5.16 Å². The van der Waals surface area contributed by atoms with Crippen LogP contribution in [0.5, 0.6) is 0 Å². The molecular weight excluding hydrogens is 399 g/mol. The number of hydrogen-bond donors (Lipinski definition) is 1. The Morgan fingerprint density at radius 1 is 1.55 bits per heavy atom. The fourth-order valence-corrected chi connectivity index (χ4v) is 2.39. The quantitative estimate of drug-likeness (QED) is 0.344. The van der Waals surface area contributed by atoms with Gasteiger partial charge in [-0.25, -0.2) is 4.99 Å². The second-order valence-corrected chi connectivity index (χ2v) is 4.95. The van der Waals surface area contributed by atoms with Crippen molar-refractivity contribution >= 4 is 35.9 Å². The molecule has 1 saturated heterocycles. The van der Waals surface area contributed by atoms with Gasteiger partial charge in [0, 0.05) is 25.7 Å². The molecule has 1 aliphatic heterocycles. The Bertz CT molecular complexity index is 470. The molecule has 1 aliphatic rings. The van der Waals surface area contributed by atoms with E-state index in [-0.39, 0.29) is 35.9 Å². The first-order valence-electron chi connectivity index (χ1n) is 7.25. The highest BCUT2D eigenvalue weighted by molar-refractivity contribution is 14.0. The van der Waals surface area contributed by atoms with Gasteiger partial charge in [0.15, 0.2) is 5.96 Å². The number of carbonyl (C=O) groups is 1. The normalized spacial score (nSPS) is 16.1. The van der Waals surface area contributed by atoms with Gasteiger partial charge in [0.05, 0.1) is 19.6 Å². The molecule has 2 rings (SSSR count). The van der Waals surface area contributed by atoms with Crippen molar-refractivity contribution in [3.8, 4) is 0 Å². The molecular formula is C14H23IN4O3. The van der Waals surface area contributed by atoms with Gasteiger partial charge in [-0.3, -0.25) is 4.79 Å². The number of hydrogen-bond acceptors (Lipinski definition) is 5. The molecule has 8 heteroatoms. The maximum atomic E-state index is 11.5. The predicted octanol–water partition coefficient (Wildman–Crippen LogP) is 1.64. The minimum absolute atomic E-state index is 0. The summed E-state index contributed by atoms with van der Waals surface area (Å²) in [6.45, 7) is 4.91.